The van der Waals surface area contributed by atoms with E-state index in [4.69, 9.17) is 21.1 Å². The second-order valence-corrected chi connectivity index (χ2v) is 11.5. The molecule has 0 radical (unpaired) electrons. The van der Waals surface area contributed by atoms with Gasteiger partial charge in [-0.05, 0) is 60.4 Å². The van der Waals surface area contributed by atoms with Gasteiger partial charge >= 0.3 is 0 Å². The van der Waals surface area contributed by atoms with E-state index in [1.165, 1.54) is 4.90 Å². The van der Waals surface area contributed by atoms with Crippen LogP contribution >= 0.6 is 11.6 Å². The Morgan fingerprint density at radius 3 is 2.57 bits per heavy atom. The molecule has 0 aliphatic carbocycles. The van der Waals surface area contributed by atoms with Gasteiger partial charge in [0, 0.05) is 46.0 Å². The third-order valence-corrected chi connectivity index (χ3v) is 9.19. The number of ether oxygens (including phenoxy) is 2. The number of hydrogen-bond donors (Lipinski definition) is 3. The van der Waals surface area contributed by atoms with E-state index in [-0.39, 0.29) is 24.3 Å². The zero-order valence-electron chi connectivity index (χ0n) is 23.1. The van der Waals surface area contributed by atoms with Crippen molar-refractivity contribution in [2.24, 2.45) is 11.8 Å². The number of aromatic nitrogens is 1. The predicted molar refractivity (Wildman–Crippen MR) is 158 cm³/mol. The predicted octanol–water partition coefficient (Wildman–Crippen LogP) is 4.04. The van der Waals surface area contributed by atoms with Crippen molar-refractivity contribution in [2.45, 2.75) is 24.4 Å². The van der Waals surface area contributed by atoms with E-state index in [0.29, 0.717) is 40.6 Å². The van der Waals surface area contributed by atoms with Gasteiger partial charge in [-0.2, -0.15) is 0 Å². The minimum atomic E-state index is -1.41. The highest BCUT2D eigenvalue weighted by Crippen LogP contribution is 2.54. The van der Waals surface area contributed by atoms with E-state index in [9.17, 15) is 14.4 Å². The molecule has 1 aromatic heterocycles. The number of imide groups is 1. The molecule has 0 bridgehead atoms. The summed E-state index contributed by atoms with van der Waals surface area (Å²) in [4.78, 5) is 46.8. The highest BCUT2D eigenvalue weighted by atomic mass is 35.5. The fraction of sp³-hybridized carbons (Fsp3) is 0.281. The lowest BCUT2D eigenvalue weighted by Gasteiger charge is -2.29. The summed E-state index contributed by atoms with van der Waals surface area (Å²) >= 11 is 6.40. The molecule has 3 aliphatic heterocycles. The lowest BCUT2D eigenvalue weighted by atomic mass is 9.76. The largest absolute Gasteiger partial charge is 0.493 e. The van der Waals surface area contributed by atoms with Gasteiger partial charge in [0.25, 0.3) is 0 Å². The van der Waals surface area contributed by atoms with Crippen LogP contribution in [0.5, 0.6) is 11.5 Å². The van der Waals surface area contributed by atoms with Gasteiger partial charge in [-0.3, -0.25) is 24.6 Å². The number of nitrogens with zero attached hydrogens (tertiary/aromatic N) is 1. The average molecular weight is 585 g/mol. The number of likely N-dealkylation sites (tertiary alicyclic amines) is 1. The summed E-state index contributed by atoms with van der Waals surface area (Å²) in [6.07, 6.45) is 2.82. The van der Waals surface area contributed by atoms with Crippen LogP contribution in [-0.4, -0.2) is 54.4 Å². The van der Waals surface area contributed by atoms with E-state index in [0.717, 1.165) is 22.0 Å². The number of aromatic amines is 1. The molecular weight excluding hydrogens is 556 g/mol. The molecule has 4 aromatic rings. The monoisotopic (exact) mass is 584 g/mol. The molecule has 10 heteroatoms. The fourth-order valence-corrected chi connectivity index (χ4v) is 7.22. The summed E-state index contributed by atoms with van der Waals surface area (Å²) in [6.45, 7) is 0.181. The van der Waals surface area contributed by atoms with Crippen LogP contribution in [0, 0.1) is 11.8 Å². The van der Waals surface area contributed by atoms with E-state index in [1.807, 2.05) is 42.6 Å². The van der Waals surface area contributed by atoms with Crippen LogP contribution in [0.25, 0.3) is 10.9 Å². The van der Waals surface area contributed by atoms with Crippen LogP contribution < -0.4 is 20.1 Å². The van der Waals surface area contributed by atoms with Crippen LogP contribution in [0.1, 0.15) is 16.7 Å². The van der Waals surface area contributed by atoms with E-state index < -0.39 is 23.4 Å². The first-order valence-electron chi connectivity index (χ1n) is 13.9. The third kappa shape index (κ3) is 3.84. The topological polar surface area (TPSA) is 113 Å². The molecule has 7 rings (SSSR count). The lowest BCUT2D eigenvalue weighted by Crippen LogP contribution is -2.53. The summed E-state index contributed by atoms with van der Waals surface area (Å²) in [5, 5.41) is 7.93. The van der Waals surface area contributed by atoms with Crippen LogP contribution in [-0.2, 0) is 32.8 Å². The molecule has 3 amide bonds. The number of nitrogens with one attached hydrogen (secondary N) is 3. The summed E-state index contributed by atoms with van der Waals surface area (Å²) in [5.41, 5.74) is 2.66. The maximum Gasteiger partial charge on any atom is 0.250 e. The number of rotatable bonds is 7. The number of para-hydroxylation sites is 1. The number of anilines is 1. The van der Waals surface area contributed by atoms with Gasteiger partial charge < -0.3 is 19.8 Å². The molecule has 3 aromatic carbocycles. The quantitative estimate of drug-likeness (QED) is 0.283. The van der Waals surface area contributed by atoms with Gasteiger partial charge in [0.15, 0.2) is 11.5 Å². The third-order valence-electron chi connectivity index (χ3n) is 8.96. The first-order chi connectivity index (χ1) is 20.3. The Balaban J connectivity index is 1.26. The van der Waals surface area contributed by atoms with Crippen molar-refractivity contribution in [1.29, 1.82) is 0 Å². The Kier molecular flexibility index (Phi) is 6.25. The smallest absolute Gasteiger partial charge is 0.250 e. The zero-order valence-corrected chi connectivity index (χ0v) is 23.8. The Labute approximate surface area is 247 Å². The normalized spacial score (nSPS) is 24.4. The molecule has 1 spiro atoms. The van der Waals surface area contributed by atoms with E-state index in [1.54, 1.807) is 38.5 Å². The standard InChI is InChI=1S/C32H29ClN4O5/c1-41-25-10-7-17(13-26(25)42-2)11-12-37-29(38)27-24(14-18-16-34-22-6-4-3-5-20(18)22)36-32(28(27)30(37)39)21-15-19(33)8-9-23(21)35-31(32)40/h3-10,13,15-16,24,27-28,34,36H,11-12,14H2,1-2H3,(H,35,40)/t24-,27-,28-,32+/m0/s1. The number of fused-ring (bicyclic) bond motifs is 5. The van der Waals surface area contributed by atoms with Crippen molar-refractivity contribution < 1.29 is 23.9 Å². The molecule has 4 atom stereocenters. The maximum absolute atomic E-state index is 14.2. The van der Waals surface area contributed by atoms with Crippen molar-refractivity contribution in [1.82, 2.24) is 15.2 Å². The summed E-state index contributed by atoms with van der Waals surface area (Å²) < 4.78 is 10.8. The van der Waals surface area contributed by atoms with Gasteiger partial charge in [-0.1, -0.05) is 35.9 Å². The van der Waals surface area contributed by atoms with Gasteiger partial charge in [0.2, 0.25) is 17.7 Å². The van der Waals surface area contributed by atoms with Crippen LogP contribution in [0.2, 0.25) is 5.02 Å². The SMILES string of the molecule is COc1ccc(CCN2C(=O)[C@H]3[C@H](Cc4c[nH]c5ccccc45)N[C@@]4(C(=O)Nc5ccc(Cl)cc54)[C@@H]3C2=O)cc1OC. The molecule has 214 valence electrons. The number of methoxy groups -OCH3 is 2. The molecule has 42 heavy (non-hydrogen) atoms. The summed E-state index contributed by atoms with van der Waals surface area (Å²) in [6, 6.07) is 18.2. The van der Waals surface area contributed by atoms with E-state index >= 15 is 0 Å². The highest BCUT2D eigenvalue weighted by Gasteiger charge is 2.70. The van der Waals surface area contributed by atoms with Gasteiger partial charge in [-0.15, -0.1) is 0 Å². The van der Waals surface area contributed by atoms with Crippen molar-refractivity contribution in [3.63, 3.8) is 0 Å². The Morgan fingerprint density at radius 1 is 0.952 bits per heavy atom. The van der Waals surface area contributed by atoms with Crippen molar-refractivity contribution in [3.05, 3.63) is 88.6 Å². The Bertz CT molecular complexity index is 1770. The molecule has 2 fully saturated rings. The number of carbonyl (C=O) groups excluding carboxylic acids is 3. The number of benzene rings is 3. The average Bonchev–Trinajstić information content (AvgIpc) is 3.71. The summed E-state index contributed by atoms with van der Waals surface area (Å²) in [5.74, 6) is -1.45. The first-order valence-corrected chi connectivity index (χ1v) is 14.2. The number of halogens is 1. The Hall–Kier alpha value is -4.34. The molecule has 3 aliphatic rings. The molecule has 9 nitrogen and oxygen atoms in total. The van der Waals surface area contributed by atoms with Crippen molar-refractivity contribution >= 4 is 45.9 Å². The van der Waals surface area contributed by atoms with Gasteiger partial charge in [-0.25, -0.2) is 0 Å². The minimum absolute atomic E-state index is 0.181. The molecule has 2 saturated heterocycles. The molecule has 4 heterocycles. The van der Waals surface area contributed by atoms with Crippen LogP contribution in [0.4, 0.5) is 5.69 Å². The highest BCUT2D eigenvalue weighted by molar-refractivity contribution is 6.31. The van der Waals surface area contributed by atoms with Crippen LogP contribution in [0.3, 0.4) is 0 Å². The second-order valence-electron chi connectivity index (χ2n) is 11.0. The van der Waals surface area contributed by atoms with Gasteiger partial charge in [0.05, 0.1) is 26.1 Å². The zero-order chi connectivity index (χ0) is 29.2. The maximum atomic E-state index is 14.2. The lowest BCUT2D eigenvalue weighted by molar-refractivity contribution is -0.142. The second kappa shape index (κ2) is 9.89. The molecule has 0 unspecified atom stereocenters. The fourth-order valence-electron chi connectivity index (χ4n) is 7.04. The Morgan fingerprint density at radius 2 is 1.76 bits per heavy atom. The van der Waals surface area contributed by atoms with Crippen molar-refractivity contribution in [3.8, 4) is 11.5 Å². The van der Waals surface area contributed by atoms with Gasteiger partial charge in [0.1, 0.15) is 5.54 Å². The molecule has 3 N–H and O–H groups in total. The number of H-pyrrole nitrogens is 1. The summed E-state index contributed by atoms with van der Waals surface area (Å²) in [7, 11) is 3.13. The number of carbonyl (C=O) groups is 3. The van der Waals surface area contributed by atoms with E-state index in [2.05, 4.69) is 15.6 Å². The minimum Gasteiger partial charge on any atom is -0.493 e. The molecular formula is C32H29ClN4O5. The van der Waals surface area contributed by atoms with Crippen LogP contribution in [0.15, 0.2) is 66.9 Å². The molecule has 0 saturated carbocycles. The first kappa shape index (κ1) is 26.6. The van der Waals surface area contributed by atoms with Crippen molar-refractivity contribution in [2.75, 3.05) is 26.1 Å². The number of hydrogen-bond acceptors (Lipinski definition) is 6. The number of amides is 3.